The summed E-state index contributed by atoms with van der Waals surface area (Å²) in [6, 6.07) is 5.42. The van der Waals surface area contributed by atoms with Gasteiger partial charge >= 0.3 is 0 Å². The summed E-state index contributed by atoms with van der Waals surface area (Å²) in [5.41, 5.74) is 2.28. The zero-order chi connectivity index (χ0) is 16.1. The molecule has 0 bridgehead atoms. The summed E-state index contributed by atoms with van der Waals surface area (Å²) < 4.78 is 6.83. The van der Waals surface area contributed by atoms with E-state index < -0.39 is 0 Å². The Bertz CT molecular complexity index is 806. The number of rotatable bonds is 5. The number of furan rings is 1. The molecule has 3 heterocycles. The molecule has 0 fully saturated rings. The van der Waals surface area contributed by atoms with Crippen molar-refractivity contribution in [1.29, 1.82) is 0 Å². The number of hydrogen-bond acceptors (Lipinski definition) is 5. The van der Waals surface area contributed by atoms with Gasteiger partial charge in [0.2, 0.25) is 5.91 Å². The highest BCUT2D eigenvalue weighted by molar-refractivity contribution is 5.91. The number of nitrogens with zero attached hydrogens (tertiary/aromatic N) is 4. The van der Waals surface area contributed by atoms with Crippen LogP contribution in [0.15, 0.2) is 53.5 Å². The molecule has 0 atom stereocenters. The molecule has 7 nitrogen and oxygen atoms in total. The Morgan fingerprint density at radius 1 is 1.39 bits per heavy atom. The third-order valence-corrected chi connectivity index (χ3v) is 3.19. The molecule has 3 aromatic rings. The molecule has 0 radical (unpaired) electrons. The fourth-order valence-corrected chi connectivity index (χ4v) is 2.01. The standard InChI is InChI=1S/C16H15N5O2/c1-21-12(9-14(20-21)15-11-17-6-7-18-15)10-19-16(22)5-4-13-3-2-8-23-13/h2-9,11H,10H2,1H3,(H,19,22)/b5-4+. The Balaban J connectivity index is 1.62. The topological polar surface area (TPSA) is 85.8 Å². The Labute approximate surface area is 132 Å². The number of hydrogen-bond donors (Lipinski definition) is 1. The number of nitrogens with one attached hydrogen (secondary N) is 1. The first-order chi connectivity index (χ1) is 11.2. The van der Waals surface area contributed by atoms with E-state index in [1.165, 1.54) is 6.08 Å². The van der Waals surface area contributed by atoms with Crippen LogP contribution in [0.2, 0.25) is 0 Å². The maximum absolute atomic E-state index is 11.8. The van der Waals surface area contributed by atoms with Crippen molar-refractivity contribution >= 4 is 12.0 Å². The quantitative estimate of drug-likeness (QED) is 0.726. The van der Waals surface area contributed by atoms with Crippen LogP contribution in [0.1, 0.15) is 11.5 Å². The van der Waals surface area contributed by atoms with E-state index in [4.69, 9.17) is 4.42 Å². The Morgan fingerprint density at radius 2 is 2.30 bits per heavy atom. The zero-order valence-corrected chi connectivity index (χ0v) is 12.5. The lowest BCUT2D eigenvalue weighted by Gasteiger charge is -2.02. The molecule has 116 valence electrons. The molecule has 3 rings (SSSR count). The van der Waals surface area contributed by atoms with Crippen LogP contribution < -0.4 is 5.32 Å². The zero-order valence-electron chi connectivity index (χ0n) is 12.5. The van der Waals surface area contributed by atoms with Crippen LogP contribution in [-0.4, -0.2) is 25.7 Å². The van der Waals surface area contributed by atoms with Crippen molar-refractivity contribution < 1.29 is 9.21 Å². The lowest BCUT2D eigenvalue weighted by atomic mass is 10.3. The Kier molecular flexibility index (Phi) is 4.28. The minimum absolute atomic E-state index is 0.205. The third-order valence-electron chi connectivity index (χ3n) is 3.19. The van der Waals surface area contributed by atoms with E-state index in [1.54, 1.807) is 47.7 Å². The highest BCUT2D eigenvalue weighted by Crippen LogP contribution is 2.14. The van der Waals surface area contributed by atoms with Crippen molar-refractivity contribution in [3.05, 3.63) is 60.6 Å². The van der Waals surface area contributed by atoms with Crippen molar-refractivity contribution in [3.63, 3.8) is 0 Å². The van der Waals surface area contributed by atoms with Gasteiger partial charge in [0, 0.05) is 25.5 Å². The van der Waals surface area contributed by atoms with E-state index in [0.717, 1.165) is 11.4 Å². The SMILES string of the molecule is Cn1nc(-c2cnccn2)cc1CNC(=O)/C=C/c1ccco1. The van der Waals surface area contributed by atoms with Gasteiger partial charge in [0.25, 0.3) is 0 Å². The predicted octanol–water partition coefficient (Wildman–Crippen LogP) is 1.80. The van der Waals surface area contributed by atoms with Crippen molar-refractivity contribution in [1.82, 2.24) is 25.1 Å². The van der Waals surface area contributed by atoms with Gasteiger partial charge in [-0.25, -0.2) is 0 Å². The van der Waals surface area contributed by atoms with Crippen LogP contribution in [0.5, 0.6) is 0 Å². The van der Waals surface area contributed by atoms with E-state index >= 15 is 0 Å². The number of carbonyl (C=O) groups is 1. The van der Waals surface area contributed by atoms with Crippen molar-refractivity contribution in [2.45, 2.75) is 6.54 Å². The molecule has 23 heavy (non-hydrogen) atoms. The molecule has 0 aliphatic carbocycles. The summed E-state index contributed by atoms with van der Waals surface area (Å²) in [6.45, 7) is 0.366. The highest BCUT2D eigenvalue weighted by Gasteiger charge is 2.09. The van der Waals surface area contributed by atoms with Crippen LogP contribution >= 0.6 is 0 Å². The summed E-state index contributed by atoms with van der Waals surface area (Å²) >= 11 is 0. The Hall–Kier alpha value is -3.22. The maximum Gasteiger partial charge on any atom is 0.244 e. The fraction of sp³-hybridized carbons (Fsp3) is 0.125. The molecule has 1 N–H and O–H groups in total. The first kappa shape index (κ1) is 14.7. The van der Waals surface area contributed by atoms with Crippen molar-refractivity contribution in [2.24, 2.45) is 7.05 Å². The normalized spacial score (nSPS) is 11.0. The highest BCUT2D eigenvalue weighted by atomic mass is 16.3. The molecule has 3 aromatic heterocycles. The van der Waals surface area contributed by atoms with Crippen LogP contribution in [0.3, 0.4) is 0 Å². The average Bonchev–Trinajstić information content (AvgIpc) is 3.21. The molecule has 1 amide bonds. The van der Waals surface area contributed by atoms with Gasteiger partial charge in [-0.3, -0.25) is 19.4 Å². The van der Waals surface area contributed by atoms with Gasteiger partial charge in [-0.05, 0) is 24.3 Å². The predicted molar refractivity (Wildman–Crippen MR) is 83.8 cm³/mol. The molecular formula is C16H15N5O2. The van der Waals surface area contributed by atoms with Gasteiger partial charge in [-0.15, -0.1) is 0 Å². The minimum Gasteiger partial charge on any atom is -0.465 e. The van der Waals surface area contributed by atoms with Crippen LogP contribution in [0.4, 0.5) is 0 Å². The van der Waals surface area contributed by atoms with Crippen LogP contribution in [-0.2, 0) is 18.4 Å². The second-order valence-electron chi connectivity index (χ2n) is 4.80. The summed E-state index contributed by atoms with van der Waals surface area (Å²) in [6.07, 6.45) is 9.48. The van der Waals surface area contributed by atoms with Crippen molar-refractivity contribution in [3.8, 4) is 11.4 Å². The second-order valence-corrected chi connectivity index (χ2v) is 4.80. The molecule has 0 aromatic carbocycles. The molecule has 0 unspecified atom stereocenters. The smallest absolute Gasteiger partial charge is 0.244 e. The minimum atomic E-state index is -0.205. The summed E-state index contributed by atoms with van der Waals surface area (Å²) in [4.78, 5) is 20.0. The van der Waals surface area contributed by atoms with Gasteiger partial charge in [0.05, 0.1) is 24.7 Å². The monoisotopic (exact) mass is 309 g/mol. The molecule has 0 spiro atoms. The first-order valence-electron chi connectivity index (χ1n) is 7.01. The number of aryl methyl sites for hydroxylation is 1. The summed E-state index contributed by atoms with van der Waals surface area (Å²) in [5.74, 6) is 0.425. The van der Waals surface area contributed by atoms with E-state index in [2.05, 4.69) is 20.4 Å². The first-order valence-corrected chi connectivity index (χ1v) is 7.01. The lowest BCUT2D eigenvalue weighted by molar-refractivity contribution is -0.116. The van der Waals surface area contributed by atoms with E-state index in [-0.39, 0.29) is 5.91 Å². The lowest BCUT2D eigenvalue weighted by Crippen LogP contribution is -2.21. The van der Waals surface area contributed by atoms with Crippen LogP contribution in [0.25, 0.3) is 17.5 Å². The average molecular weight is 309 g/mol. The van der Waals surface area contributed by atoms with Gasteiger partial charge in [-0.2, -0.15) is 5.10 Å². The number of carbonyl (C=O) groups excluding carboxylic acids is 1. The van der Waals surface area contributed by atoms with Crippen LogP contribution in [0, 0.1) is 0 Å². The molecular weight excluding hydrogens is 294 g/mol. The summed E-state index contributed by atoms with van der Waals surface area (Å²) in [5, 5.41) is 7.18. The van der Waals surface area contributed by atoms with Gasteiger partial charge < -0.3 is 9.73 Å². The van der Waals surface area contributed by atoms with Gasteiger partial charge in [0.15, 0.2) is 0 Å². The van der Waals surface area contributed by atoms with Gasteiger partial charge in [0.1, 0.15) is 17.1 Å². The molecule has 0 saturated heterocycles. The van der Waals surface area contributed by atoms with E-state index in [1.807, 2.05) is 13.1 Å². The molecule has 0 saturated carbocycles. The largest absolute Gasteiger partial charge is 0.465 e. The molecule has 0 aliphatic rings. The third kappa shape index (κ3) is 3.70. The number of amides is 1. The number of aromatic nitrogens is 4. The Morgan fingerprint density at radius 3 is 3.04 bits per heavy atom. The maximum atomic E-state index is 11.8. The fourth-order valence-electron chi connectivity index (χ4n) is 2.01. The van der Waals surface area contributed by atoms with Gasteiger partial charge in [-0.1, -0.05) is 0 Å². The molecule has 0 aliphatic heterocycles. The summed E-state index contributed by atoms with van der Waals surface area (Å²) in [7, 11) is 1.82. The van der Waals surface area contributed by atoms with E-state index in [0.29, 0.717) is 18.0 Å². The van der Waals surface area contributed by atoms with Crippen molar-refractivity contribution in [2.75, 3.05) is 0 Å². The molecule has 7 heteroatoms. The second kappa shape index (κ2) is 6.69. The van der Waals surface area contributed by atoms with E-state index in [9.17, 15) is 4.79 Å².